The Morgan fingerprint density at radius 1 is 1.08 bits per heavy atom. The molecule has 2 aromatic rings. The molecular formula is C22H28N2O2. The molecule has 0 unspecified atom stereocenters. The fourth-order valence-corrected chi connectivity index (χ4v) is 3.42. The topological polar surface area (TPSA) is 50.4 Å². The van der Waals surface area contributed by atoms with Gasteiger partial charge in [-0.15, -0.1) is 0 Å². The molecule has 0 aromatic heterocycles. The molecule has 1 fully saturated rings. The number of hydrogen-bond donors (Lipinski definition) is 2. The largest absolute Gasteiger partial charge is 0.372 e. The van der Waals surface area contributed by atoms with E-state index in [0.717, 1.165) is 30.5 Å². The molecule has 2 aromatic carbocycles. The average Bonchev–Trinajstić information content (AvgIpc) is 2.68. The number of benzene rings is 2. The van der Waals surface area contributed by atoms with Crippen molar-refractivity contribution in [2.45, 2.75) is 45.6 Å². The van der Waals surface area contributed by atoms with Crippen LogP contribution in [0.2, 0.25) is 0 Å². The molecule has 1 heterocycles. The summed E-state index contributed by atoms with van der Waals surface area (Å²) < 4.78 is 5.86. The highest BCUT2D eigenvalue weighted by Gasteiger charge is 2.24. The monoisotopic (exact) mass is 352 g/mol. The molecule has 3 rings (SSSR count). The Balaban J connectivity index is 1.51. The Kier molecular flexibility index (Phi) is 6.81. The highest BCUT2D eigenvalue weighted by atomic mass is 16.5. The van der Waals surface area contributed by atoms with E-state index in [1.165, 1.54) is 5.56 Å². The predicted octanol–water partition coefficient (Wildman–Crippen LogP) is 3.41. The van der Waals surface area contributed by atoms with E-state index in [4.69, 9.17) is 4.74 Å². The van der Waals surface area contributed by atoms with Crippen LogP contribution >= 0.6 is 0 Å². The molecule has 2 N–H and O–H groups in total. The first-order valence-electron chi connectivity index (χ1n) is 9.42. The number of nitrogens with one attached hydrogen (secondary N) is 2. The number of carbonyl (C=O) groups excluding carboxylic acids is 1. The smallest absolute Gasteiger partial charge is 0.223 e. The van der Waals surface area contributed by atoms with E-state index in [9.17, 15) is 4.79 Å². The lowest BCUT2D eigenvalue weighted by Gasteiger charge is -2.27. The molecule has 26 heavy (non-hydrogen) atoms. The van der Waals surface area contributed by atoms with Crippen molar-refractivity contribution in [3.63, 3.8) is 0 Å². The molecular weight excluding hydrogens is 324 g/mol. The summed E-state index contributed by atoms with van der Waals surface area (Å²) in [7, 11) is 0. The molecule has 4 heteroatoms. The van der Waals surface area contributed by atoms with E-state index in [0.29, 0.717) is 25.8 Å². The number of hydrogen-bond acceptors (Lipinski definition) is 3. The Morgan fingerprint density at radius 3 is 2.58 bits per heavy atom. The van der Waals surface area contributed by atoms with Gasteiger partial charge < -0.3 is 15.4 Å². The van der Waals surface area contributed by atoms with Crippen LogP contribution < -0.4 is 10.6 Å². The van der Waals surface area contributed by atoms with Crippen molar-refractivity contribution in [1.29, 1.82) is 0 Å². The van der Waals surface area contributed by atoms with Gasteiger partial charge in [-0.1, -0.05) is 54.6 Å². The van der Waals surface area contributed by atoms with Gasteiger partial charge in [0.15, 0.2) is 0 Å². The van der Waals surface area contributed by atoms with Gasteiger partial charge in [-0.25, -0.2) is 0 Å². The second kappa shape index (κ2) is 9.51. The summed E-state index contributed by atoms with van der Waals surface area (Å²) in [6, 6.07) is 18.7. The van der Waals surface area contributed by atoms with Crippen LogP contribution in [0.5, 0.6) is 0 Å². The molecule has 1 aliphatic heterocycles. The molecule has 138 valence electrons. The van der Waals surface area contributed by atoms with Crippen LogP contribution in [0.15, 0.2) is 54.6 Å². The molecule has 0 bridgehead atoms. The maximum Gasteiger partial charge on any atom is 0.223 e. The molecule has 2 atom stereocenters. The standard InChI is InChI=1S/C22H28N2O2/c1-17-13-19(11-12-23-17)22(25)24-14-20-9-5-6-10-21(20)16-26-15-18-7-3-2-4-8-18/h2-10,17,19,23H,11-16H2,1H3,(H,24,25)/t17-,19-/m0/s1. The van der Waals surface area contributed by atoms with Gasteiger partial charge in [0.2, 0.25) is 5.91 Å². The van der Waals surface area contributed by atoms with Gasteiger partial charge in [-0.3, -0.25) is 4.79 Å². The zero-order valence-electron chi connectivity index (χ0n) is 15.4. The van der Waals surface area contributed by atoms with E-state index in [1.54, 1.807) is 0 Å². The molecule has 0 saturated carbocycles. The average molecular weight is 352 g/mol. The zero-order valence-corrected chi connectivity index (χ0v) is 15.4. The van der Waals surface area contributed by atoms with E-state index in [1.807, 2.05) is 30.3 Å². The number of amides is 1. The lowest BCUT2D eigenvalue weighted by atomic mass is 9.92. The lowest BCUT2D eigenvalue weighted by Crippen LogP contribution is -2.42. The molecule has 0 spiro atoms. The fourth-order valence-electron chi connectivity index (χ4n) is 3.42. The number of carbonyl (C=O) groups is 1. The van der Waals surface area contributed by atoms with Crippen LogP contribution in [0.3, 0.4) is 0 Å². The minimum Gasteiger partial charge on any atom is -0.372 e. The van der Waals surface area contributed by atoms with Gasteiger partial charge in [0.05, 0.1) is 13.2 Å². The Morgan fingerprint density at radius 2 is 1.81 bits per heavy atom. The highest BCUT2D eigenvalue weighted by Crippen LogP contribution is 2.17. The first-order chi connectivity index (χ1) is 12.7. The minimum absolute atomic E-state index is 0.118. The second-order valence-corrected chi connectivity index (χ2v) is 7.04. The van der Waals surface area contributed by atoms with Gasteiger partial charge in [0.25, 0.3) is 0 Å². The van der Waals surface area contributed by atoms with Crippen molar-refractivity contribution >= 4 is 5.91 Å². The van der Waals surface area contributed by atoms with Crippen LogP contribution in [-0.4, -0.2) is 18.5 Å². The first-order valence-corrected chi connectivity index (χ1v) is 9.42. The third-order valence-electron chi connectivity index (χ3n) is 4.94. The lowest BCUT2D eigenvalue weighted by molar-refractivity contribution is -0.126. The first kappa shape index (κ1) is 18.6. The van der Waals surface area contributed by atoms with Crippen LogP contribution in [0.4, 0.5) is 0 Å². The summed E-state index contributed by atoms with van der Waals surface area (Å²) >= 11 is 0. The minimum atomic E-state index is 0.118. The van der Waals surface area contributed by atoms with E-state index >= 15 is 0 Å². The quantitative estimate of drug-likeness (QED) is 0.803. The van der Waals surface area contributed by atoms with Gasteiger partial charge in [0, 0.05) is 18.5 Å². The second-order valence-electron chi connectivity index (χ2n) is 7.04. The van der Waals surface area contributed by atoms with Crippen LogP contribution in [-0.2, 0) is 29.3 Å². The fraction of sp³-hybridized carbons (Fsp3) is 0.409. The molecule has 1 saturated heterocycles. The Labute approximate surface area is 156 Å². The summed E-state index contributed by atoms with van der Waals surface area (Å²) in [5.74, 6) is 0.283. The van der Waals surface area contributed by atoms with Crippen molar-refractivity contribution in [1.82, 2.24) is 10.6 Å². The number of piperidine rings is 1. The summed E-state index contributed by atoms with van der Waals surface area (Å²) in [6.45, 7) is 4.75. The normalized spacial score (nSPS) is 19.9. The van der Waals surface area contributed by atoms with Crippen molar-refractivity contribution < 1.29 is 9.53 Å². The number of rotatable bonds is 7. The van der Waals surface area contributed by atoms with Gasteiger partial charge in [0.1, 0.15) is 0 Å². The summed E-state index contributed by atoms with van der Waals surface area (Å²) in [5.41, 5.74) is 3.41. The highest BCUT2D eigenvalue weighted by molar-refractivity contribution is 5.78. The van der Waals surface area contributed by atoms with E-state index in [2.05, 4.69) is 41.8 Å². The molecule has 1 amide bonds. The van der Waals surface area contributed by atoms with Crippen LogP contribution in [0, 0.1) is 5.92 Å². The Hall–Kier alpha value is -2.17. The van der Waals surface area contributed by atoms with Crippen molar-refractivity contribution in [3.8, 4) is 0 Å². The molecule has 4 nitrogen and oxygen atoms in total. The van der Waals surface area contributed by atoms with Crippen molar-refractivity contribution in [2.24, 2.45) is 5.92 Å². The van der Waals surface area contributed by atoms with Crippen molar-refractivity contribution in [2.75, 3.05) is 6.54 Å². The van der Waals surface area contributed by atoms with Crippen LogP contribution in [0.1, 0.15) is 36.5 Å². The maximum absolute atomic E-state index is 12.5. The van der Waals surface area contributed by atoms with Gasteiger partial charge in [-0.05, 0) is 43.0 Å². The molecule has 0 radical (unpaired) electrons. The van der Waals surface area contributed by atoms with E-state index in [-0.39, 0.29) is 11.8 Å². The summed E-state index contributed by atoms with van der Waals surface area (Å²) in [4.78, 5) is 12.5. The predicted molar refractivity (Wildman–Crippen MR) is 103 cm³/mol. The summed E-state index contributed by atoms with van der Waals surface area (Å²) in [5, 5.41) is 6.51. The zero-order chi connectivity index (χ0) is 18.2. The van der Waals surface area contributed by atoms with Crippen LogP contribution in [0.25, 0.3) is 0 Å². The number of ether oxygens (including phenoxy) is 1. The third kappa shape index (κ3) is 5.41. The van der Waals surface area contributed by atoms with E-state index < -0.39 is 0 Å². The third-order valence-corrected chi connectivity index (χ3v) is 4.94. The van der Waals surface area contributed by atoms with Crippen molar-refractivity contribution in [3.05, 3.63) is 71.3 Å². The Bertz CT molecular complexity index is 702. The molecule has 1 aliphatic rings. The SMILES string of the molecule is C[C@H]1C[C@@H](C(=O)NCc2ccccc2COCc2ccccc2)CCN1. The molecule has 0 aliphatic carbocycles. The summed E-state index contributed by atoms with van der Waals surface area (Å²) in [6.07, 6.45) is 1.83. The van der Waals surface area contributed by atoms with Gasteiger partial charge >= 0.3 is 0 Å². The maximum atomic E-state index is 12.5. The van der Waals surface area contributed by atoms with Gasteiger partial charge in [-0.2, -0.15) is 0 Å².